The van der Waals surface area contributed by atoms with Crippen LogP contribution in [-0.4, -0.2) is 20.0 Å². The summed E-state index contributed by atoms with van der Waals surface area (Å²) in [5.74, 6) is 0.776. The van der Waals surface area contributed by atoms with Gasteiger partial charge in [0, 0.05) is 5.92 Å². The highest BCUT2D eigenvalue weighted by Gasteiger charge is 2.20. The van der Waals surface area contributed by atoms with Gasteiger partial charge in [-0.1, -0.05) is 25.4 Å². The summed E-state index contributed by atoms with van der Waals surface area (Å²) in [5.41, 5.74) is 0.489. The number of halogens is 1. The number of rotatable bonds is 4. The molecule has 1 rings (SSSR count). The minimum atomic E-state index is -0.0987. The molecule has 0 radical (unpaired) electrons. The summed E-state index contributed by atoms with van der Waals surface area (Å²) < 4.78 is 10.2. The lowest BCUT2D eigenvalue weighted by Gasteiger charge is -2.13. The average molecular weight is 243 g/mol. The Bertz CT molecular complexity index is 399. The summed E-state index contributed by atoms with van der Waals surface area (Å²) in [4.78, 5) is 11.9. The molecule has 0 fully saturated rings. The van der Waals surface area contributed by atoms with Crippen LogP contribution in [0.3, 0.4) is 0 Å². The molecular weight excluding hydrogens is 228 g/mol. The van der Waals surface area contributed by atoms with Crippen molar-refractivity contribution < 1.29 is 14.3 Å². The molecule has 0 N–H and O–H groups in total. The Balaban J connectivity index is 3.31. The van der Waals surface area contributed by atoms with Gasteiger partial charge in [0.15, 0.2) is 11.5 Å². The topological polar surface area (TPSA) is 35.5 Å². The molecule has 0 aliphatic heterocycles. The predicted molar refractivity (Wildman–Crippen MR) is 63.7 cm³/mol. The highest BCUT2D eigenvalue weighted by atomic mass is 35.5. The molecule has 4 heteroatoms. The van der Waals surface area contributed by atoms with E-state index >= 15 is 0 Å². The van der Waals surface area contributed by atoms with Crippen molar-refractivity contribution in [3.63, 3.8) is 0 Å². The van der Waals surface area contributed by atoms with Gasteiger partial charge in [0.25, 0.3) is 0 Å². The molecule has 0 aliphatic rings. The molecule has 0 amide bonds. The van der Waals surface area contributed by atoms with Crippen molar-refractivity contribution in [3.8, 4) is 11.5 Å². The molecule has 0 atom stereocenters. The number of benzene rings is 1. The van der Waals surface area contributed by atoms with E-state index in [0.717, 1.165) is 0 Å². The average Bonchev–Trinajstić information content (AvgIpc) is 2.27. The van der Waals surface area contributed by atoms with E-state index in [1.807, 2.05) is 13.8 Å². The minimum Gasteiger partial charge on any atom is -0.495 e. The molecule has 0 bridgehead atoms. The number of methoxy groups -OCH3 is 2. The SMILES string of the molecule is COc1ccc(C(=O)C(C)C)c(OC)c1Cl. The number of carbonyl (C=O) groups excluding carboxylic acids is 1. The van der Waals surface area contributed by atoms with Crippen LogP contribution in [0.25, 0.3) is 0 Å². The third-order valence-electron chi connectivity index (χ3n) is 2.28. The number of hydrogen-bond donors (Lipinski definition) is 0. The van der Waals surface area contributed by atoms with Crippen molar-refractivity contribution in [1.82, 2.24) is 0 Å². The normalized spacial score (nSPS) is 10.4. The van der Waals surface area contributed by atoms with Crippen LogP contribution in [-0.2, 0) is 0 Å². The number of ether oxygens (including phenoxy) is 2. The highest BCUT2D eigenvalue weighted by Crippen LogP contribution is 2.37. The molecule has 1 aromatic carbocycles. The number of Topliss-reactive ketones (excluding diaryl/α,β-unsaturated/α-hetero) is 1. The summed E-state index contributed by atoms with van der Waals surface area (Å²) in [5, 5.41) is 0.330. The van der Waals surface area contributed by atoms with Gasteiger partial charge < -0.3 is 9.47 Å². The van der Waals surface area contributed by atoms with Crippen molar-refractivity contribution in [2.24, 2.45) is 5.92 Å². The molecule has 0 spiro atoms. The fraction of sp³-hybridized carbons (Fsp3) is 0.417. The van der Waals surface area contributed by atoms with Gasteiger partial charge in [0.1, 0.15) is 10.8 Å². The maximum absolute atomic E-state index is 11.9. The monoisotopic (exact) mass is 242 g/mol. The fourth-order valence-electron chi connectivity index (χ4n) is 1.40. The summed E-state index contributed by atoms with van der Waals surface area (Å²) in [6.45, 7) is 3.67. The van der Waals surface area contributed by atoms with Gasteiger partial charge in [0.05, 0.1) is 19.8 Å². The third kappa shape index (κ3) is 2.30. The zero-order valence-electron chi connectivity index (χ0n) is 9.83. The Hall–Kier alpha value is -1.22. The second-order valence-corrected chi connectivity index (χ2v) is 4.06. The van der Waals surface area contributed by atoms with Crippen LogP contribution >= 0.6 is 11.6 Å². The van der Waals surface area contributed by atoms with Crippen molar-refractivity contribution in [2.75, 3.05) is 14.2 Å². The quantitative estimate of drug-likeness (QED) is 0.761. The van der Waals surface area contributed by atoms with E-state index in [9.17, 15) is 4.79 Å². The lowest BCUT2D eigenvalue weighted by atomic mass is 10.00. The second-order valence-electron chi connectivity index (χ2n) is 3.68. The molecule has 0 aromatic heterocycles. The van der Waals surface area contributed by atoms with Gasteiger partial charge in [-0.25, -0.2) is 0 Å². The summed E-state index contributed by atoms with van der Waals surface area (Å²) >= 11 is 6.06. The molecule has 0 aliphatic carbocycles. The Labute approximate surface area is 100 Å². The van der Waals surface area contributed by atoms with Crippen LogP contribution in [0, 0.1) is 5.92 Å². The Morgan fingerprint density at radius 1 is 1.25 bits per heavy atom. The predicted octanol–water partition coefficient (Wildman–Crippen LogP) is 3.20. The van der Waals surface area contributed by atoms with Gasteiger partial charge >= 0.3 is 0 Å². The smallest absolute Gasteiger partial charge is 0.169 e. The van der Waals surface area contributed by atoms with Crippen molar-refractivity contribution in [1.29, 1.82) is 0 Å². The Kier molecular flexibility index (Phi) is 4.19. The second kappa shape index (κ2) is 5.21. The van der Waals surface area contributed by atoms with Crippen LogP contribution in [0.4, 0.5) is 0 Å². The third-order valence-corrected chi connectivity index (χ3v) is 2.63. The van der Waals surface area contributed by atoms with Crippen LogP contribution < -0.4 is 9.47 Å². The van der Waals surface area contributed by atoms with Gasteiger partial charge in [-0.15, -0.1) is 0 Å². The zero-order valence-corrected chi connectivity index (χ0v) is 10.6. The lowest BCUT2D eigenvalue weighted by Crippen LogP contribution is -2.09. The molecule has 0 heterocycles. The standard InChI is InChI=1S/C12H15ClO3/c1-7(2)11(14)8-5-6-9(15-3)10(13)12(8)16-4/h5-7H,1-4H3. The van der Waals surface area contributed by atoms with Gasteiger partial charge in [-0.2, -0.15) is 0 Å². The maximum atomic E-state index is 11.9. The molecule has 88 valence electrons. The first kappa shape index (κ1) is 12.8. The Morgan fingerprint density at radius 2 is 1.88 bits per heavy atom. The van der Waals surface area contributed by atoms with Crippen LogP contribution in [0.2, 0.25) is 5.02 Å². The van der Waals surface area contributed by atoms with Gasteiger partial charge in [0.2, 0.25) is 0 Å². The maximum Gasteiger partial charge on any atom is 0.169 e. The molecule has 16 heavy (non-hydrogen) atoms. The summed E-state index contributed by atoms with van der Waals surface area (Å²) in [7, 11) is 3.00. The summed E-state index contributed by atoms with van der Waals surface area (Å²) in [6, 6.07) is 3.34. The molecular formula is C12H15ClO3. The first-order valence-corrected chi connectivity index (χ1v) is 5.35. The van der Waals surface area contributed by atoms with E-state index in [1.54, 1.807) is 12.1 Å². The van der Waals surface area contributed by atoms with Crippen LogP contribution in [0.5, 0.6) is 11.5 Å². The molecule has 0 saturated carbocycles. The van der Waals surface area contributed by atoms with E-state index in [0.29, 0.717) is 22.1 Å². The van der Waals surface area contributed by atoms with Crippen molar-refractivity contribution in [2.45, 2.75) is 13.8 Å². The highest BCUT2D eigenvalue weighted by molar-refractivity contribution is 6.34. The minimum absolute atomic E-state index is 0.00130. The summed E-state index contributed by atoms with van der Waals surface area (Å²) in [6.07, 6.45) is 0. The van der Waals surface area contributed by atoms with E-state index in [1.165, 1.54) is 14.2 Å². The van der Waals surface area contributed by atoms with Gasteiger partial charge in [-0.05, 0) is 12.1 Å². The number of ketones is 1. The van der Waals surface area contributed by atoms with E-state index in [4.69, 9.17) is 21.1 Å². The van der Waals surface area contributed by atoms with Crippen LogP contribution in [0.15, 0.2) is 12.1 Å². The van der Waals surface area contributed by atoms with E-state index in [2.05, 4.69) is 0 Å². The van der Waals surface area contributed by atoms with E-state index in [-0.39, 0.29) is 11.7 Å². The van der Waals surface area contributed by atoms with Crippen molar-refractivity contribution >= 4 is 17.4 Å². The fourth-order valence-corrected chi connectivity index (χ4v) is 1.72. The number of carbonyl (C=O) groups is 1. The molecule has 3 nitrogen and oxygen atoms in total. The van der Waals surface area contributed by atoms with Crippen LogP contribution in [0.1, 0.15) is 24.2 Å². The lowest BCUT2D eigenvalue weighted by molar-refractivity contribution is 0.0936. The first-order valence-electron chi connectivity index (χ1n) is 4.97. The molecule has 0 unspecified atom stereocenters. The van der Waals surface area contributed by atoms with E-state index < -0.39 is 0 Å². The Morgan fingerprint density at radius 3 is 2.31 bits per heavy atom. The largest absolute Gasteiger partial charge is 0.495 e. The first-order chi connectivity index (χ1) is 7.52. The zero-order chi connectivity index (χ0) is 12.3. The van der Waals surface area contributed by atoms with Gasteiger partial charge in [-0.3, -0.25) is 4.79 Å². The number of hydrogen-bond acceptors (Lipinski definition) is 3. The molecule has 0 saturated heterocycles. The molecule has 1 aromatic rings. The van der Waals surface area contributed by atoms with Crippen molar-refractivity contribution in [3.05, 3.63) is 22.7 Å².